The molecule has 0 aliphatic carbocycles. The molecule has 148 valence electrons. The van der Waals surface area contributed by atoms with Crippen molar-refractivity contribution >= 4 is 17.6 Å². The number of para-hydroxylation sites is 1. The van der Waals surface area contributed by atoms with E-state index >= 15 is 0 Å². The zero-order valence-electron chi connectivity index (χ0n) is 16.5. The smallest absolute Gasteiger partial charge is 0.357 e. The molecule has 0 unspecified atom stereocenters. The summed E-state index contributed by atoms with van der Waals surface area (Å²) in [6.07, 6.45) is 0.913. The average molecular weight is 391 g/mol. The largest absolute Gasteiger partial charge is 0.465 e. The molecule has 29 heavy (non-hydrogen) atoms. The van der Waals surface area contributed by atoms with E-state index in [0.717, 1.165) is 24.2 Å². The summed E-state index contributed by atoms with van der Waals surface area (Å²) in [5, 5.41) is 4.63. The van der Waals surface area contributed by atoms with Crippen LogP contribution < -0.4 is 4.90 Å². The van der Waals surface area contributed by atoms with E-state index in [1.807, 2.05) is 55.6 Å². The van der Waals surface area contributed by atoms with Gasteiger partial charge in [0.2, 0.25) is 0 Å². The van der Waals surface area contributed by atoms with Crippen molar-refractivity contribution in [1.29, 1.82) is 0 Å². The molecule has 1 aromatic heterocycles. The van der Waals surface area contributed by atoms with Crippen molar-refractivity contribution in [3.8, 4) is 16.9 Å². The maximum atomic E-state index is 12.7. The van der Waals surface area contributed by atoms with Gasteiger partial charge in [0.05, 0.1) is 19.9 Å². The highest BCUT2D eigenvalue weighted by molar-refractivity contribution is 6.07. The molecular weight excluding hydrogens is 370 g/mol. The molecule has 1 aliphatic heterocycles. The number of fused-ring (bicyclic) bond motifs is 1. The topological polar surface area (TPSA) is 73.7 Å². The SMILES string of the molecule is COC(=O)c1c(-c2ccc3c(c2)CCN3C)nn(-c2ccccc2)c1C(=O)OC. The quantitative estimate of drug-likeness (QED) is 0.637. The number of methoxy groups -OCH3 is 2. The van der Waals surface area contributed by atoms with Gasteiger partial charge in [0, 0.05) is 24.8 Å². The van der Waals surface area contributed by atoms with Gasteiger partial charge in [0.1, 0.15) is 11.3 Å². The number of carbonyl (C=O) groups excluding carboxylic acids is 2. The summed E-state index contributed by atoms with van der Waals surface area (Å²) in [6, 6.07) is 15.1. The lowest BCUT2D eigenvalue weighted by molar-refractivity contribution is 0.0549. The van der Waals surface area contributed by atoms with Crippen LogP contribution in [0, 0.1) is 0 Å². The zero-order valence-corrected chi connectivity index (χ0v) is 16.5. The van der Waals surface area contributed by atoms with Crippen LogP contribution in [0.15, 0.2) is 48.5 Å². The van der Waals surface area contributed by atoms with E-state index in [1.54, 1.807) is 0 Å². The zero-order chi connectivity index (χ0) is 20.5. The van der Waals surface area contributed by atoms with Crippen LogP contribution in [0.2, 0.25) is 0 Å². The van der Waals surface area contributed by atoms with Gasteiger partial charge in [-0.05, 0) is 36.2 Å². The number of hydrogen-bond donors (Lipinski definition) is 0. The lowest BCUT2D eigenvalue weighted by Crippen LogP contribution is -2.15. The van der Waals surface area contributed by atoms with Crippen molar-refractivity contribution < 1.29 is 19.1 Å². The van der Waals surface area contributed by atoms with Crippen LogP contribution in [-0.2, 0) is 15.9 Å². The van der Waals surface area contributed by atoms with Crippen molar-refractivity contribution in [3.05, 3.63) is 65.4 Å². The molecule has 0 radical (unpaired) electrons. The van der Waals surface area contributed by atoms with Gasteiger partial charge < -0.3 is 14.4 Å². The van der Waals surface area contributed by atoms with Gasteiger partial charge in [-0.1, -0.05) is 24.3 Å². The van der Waals surface area contributed by atoms with Gasteiger partial charge in [-0.2, -0.15) is 5.10 Å². The van der Waals surface area contributed by atoms with Crippen molar-refractivity contribution in [2.24, 2.45) is 0 Å². The molecule has 0 atom stereocenters. The van der Waals surface area contributed by atoms with E-state index in [4.69, 9.17) is 9.47 Å². The third kappa shape index (κ3) is 3.14. The normalized spacial score (nSPS) is 12.6. The average Bonchev–Trinajstić information content (AvgIpc) is 3.34. The van der Waals surface area contributed by atoms with Crippen LogP contribution in [0.3, 0.4) is 0 Å². The number of aromatic nitrogens is 2. The number of likely N-dealkylation sites (N-methyl/N-ethyl adjacent to an activating group) is 1. The standard InChI is InChI=1S/C22H21N3O4/c1-24-12-11-14-13-15(9-10-17(14)24)19-18(21(26)28-2)20(22(27)29-3)25(23-19)16-7-5-4-6-8-16/h4-10,13H,11-12H2,1-3H3. The van der Waals surface area contributed by atoms with Crippen LogP contribution in [0.25, 0.3) is 16.9 Å². The molecule has 2 heterocycles. The highest BCUT2D eigenvalue weighted by Gasteiger charge is 2.31. The fourth-order valence-electron chi connectivity index (χ4n) is 3.67. The van der Waals surface area contributed by atoms with Crippen LogP contribution in [-0.4, -0.2) is 49.5 Å². The highest BCUT2D eigenvalue weighted by Crippen LogP contribution is 2.34. The third-order valence-electron chi connectivity index (χ3n) is 5.14. The van der Waals surface area contributed by atoms with Gasteiger partial charge in [-0.15, -0.1) is 0 Å². The van der Waals surface area contributed by atoms with E-state index < -0.39 is 11.9 Å². The number of ether oxygens (including phenoxy) is 2. The van der Waals surface area contributed by atoms with Gasteiger partial charge in [-0.25, -0.2) is 14.3 Å². The summed E-state index contributed by atoms with van der Waals surface area (Å²) in [6.45, 7) is 0.939. The maximum Gasteiger partial charge on any atom is 0.357 e. The lowest BCUT2D eigenvalue weighted by atomic mass is 10.0. The minimum Gasteiger partial charge on any atom is -0.465 e. The summed E-state index contributed by atoms with van der Waals surface area (Å²) in [5.74, 6) is -1.30. The predicted molar refractivity (Wildman–Crippen MR) is 109 cm³/mol. The number of anilines is 1. The minimum atomic E-state index is -0.658. The van der Waals surface area contributed by atoms with Gasteiger partial charge >= 0.3 is 11.9 Å². The highest BCUT2D eigenvalue weighted by atomic mass is 16.5. The van der Waals surface area contributed by atoms with E-state index in [2.05, 4.69) is 10.00 Å². The van der Waals surface area contributed by atoms with Crippen molar-refractivity contribution in [1.82, 2.24) is 9.78 Å². The molecule has 0 saturated carbocycles. The number of benzene rings is 2. The number of rotatable bonds is 4. The summed E-state index contributed by atoms with van der Waals surface area (Å²) < 4.78 is 11.4. The van der Waals surface area contributed by atoms with E-state index in [1.165, 1.54) is 24.5 Å². The molecule has 0 N–H and O–H groups in total. The Morgan fingerprint density at radius 1 is 1.00 bits per heavy atom. The van der Waals surface area contributed by atoms with Crippen LogP contribution >= 0.6 is 0 Å². The summed E-state index contributed by atoms with van der Waals surface area (Å²) in [7, 11) is 4.60. The fraction of sp³-hybridized carbons (Fsp3) is 0.227. The van der Waals surface area contributed by atoms with Gasteiger partial charge in [-0.3, -0.25) is 0 Å². The first kappa shape index (κ1) is 18.7. The Hall–Kier alpha value is -3.61. The number of hydrogen-bond acceptors (Lipinski definition) is 6. The number of nitrogens with zero attached hydrogens (tertiary/aromatic N) is 3. The lowest BCUT2D eigenvalue weighted by Gasteiger charge is -2.12. The first-order valence-electron chi connectivity index (χ1n) is 9.24. The van der Waals surface area contributed by atoms with E-state index in [-0.39, 0.29) is 11.3 Å². The Morgan fingerprint density at radius 2 is 1.72 bits per heavy atom. The number of esters is 2. The van der Waals surface area contributed by atoms with E-state index in [0.29, 0.717) is 11.4 Å². The van der Waals surface area contributed by atoms with Gasteiger partial charge in [0.25, 0.3) is 0 Å². The van der Waals surface area contributed by atoms with Crippen LogP contribution in [0.1, 0.15) is 26.4 Å². The van der Waals surface area contributed by atoms with Crippen molar-refractivity contribution in [2.45, 2.75) is 6.42 Å². The summed E-state index contributed by atoms with van der Waals surface area (Å²) in [5.41, 5.74) is 4.24. The molecule has 1 aliphatic rings. The molecule has 2 aromatic carbocycles. The Kier molecular flexibility index (Phi) is 4.80. The molecule has 0 amide bonds. The van der Waals surface area contributed by atoms with Crippen LogP contribution in [0.4, 0.5) is 5.69 Å². The predicted octanol–water partition coefficient (Wildman–Crippen LogP) is 3.10. The Balaban J connectivity index is 1.98. The Labute approximate surface area is 168 Å². The molecule has 7 nitrogen and oxygen atoms in total. The van der Waals surface area contributed by atoms with Gasteiger partial charge in [0.15, 0.2) is 5.69 Å². The van der Waals surface area contributed by atoms with E-state index in [9.17, 15) is 9.59 Å². The first-order valence-corrected chi connectivity index (χ1v) is 9.24. The Morgan fingerprint density at radius 3 is 2.41 bits per heavy atom. The molecule has 0 fully saturated rings. The summed E-state index contributed by atoms with van der Waals surface area (Å²) in [4.78, 5) is 27.5. The first-order chi connectivity index (χ1) is 14.0. The third-order valence-corrected chi connectivity index (χ3v) is 5.14. The van der Waals surface area contributed by atoms with Crippen molar-refractivity contribution in [2.75, 3.05) is 32.7 Å². The second-order valence-corrected chi connectivity index (χ2v) is 6.82. The van der Waals surface area contributed by atoms with Crippen molar-refractivity contribution in [3.63, 3.8) is 0 Å². The molecule has 4 rings (SSSR count). The molecular formula is C22H21N3O4. The molecule has 0 saturated heterocycles. The summed E-state index contributed by atoms with van der Waals surface area (Å²) >= 11 is 0. The monoisotopic (exact) mass is 391 g/mol. The molecule has 3 aromatic rings. The number of carbonyl (C=O) groups is 2. The second kappa shape index (κ2) is 7.43. The molecule has 0 bridgehead atoms. The minimum absolute atomic E-state index is 0.0400. The maximum absolute atomic E-state index is 12.7. The second-order valence-electron chi connectivity index (χ2n) is 6.82. The fourth-order valence-corrected chi connectivity index (χ4v) is 3.67. The Bertz CT molecular complexity index is 1090. The molecule has 7 heteroatoms. The van der Waals surface area contributed by atoms with Crippen LogP contribution in [0.5, 0.6) is 0 Å². The molecule has 0 spiro atoms.